The van der Waals surface area contributed by atoms with Crippen LogP contribution in [0.2, 0.25) is 5.02 Å². The second-order valence-electron chi connectivity index (χ2n) is 14.2. The number of halogens is 2. The summed E-state index contributed by atoms with van der Waals surface area (Å²) in [6.45, 7) is 11.0. The second kappa shape index (κ2) is 11.4. The number of hydrogen-bond acceptors (Lipinski definition) is 4. The molecule has 2 aromatic carbocycles. The SMILES string of the molecule is CC1(C)CCC(CN2C3CCC2CN(Cc2cc(F)c4c(c2)CN(C2CCCNC2)C4=O)C3)=C(c2ccc(Cl)cc2)C1. The maximum Gasteiger partial charge on any atom is 0.257 e. The fraction of sp³-hybridized carbons (Fsp3) is 0.571. The normalized spacial score (nSPS) is 28.0. The summed E-state index contributed by atoms with van der Waals surface area (Å²) in [5.41, 5.74) is 6.92. The summed E-state index contributed by atoms with van der Waals surface area (Å²) in [6.07, 6.45) is 8.01. The fourth-order valence-electron chi connectivity index (χ4n) is 8.38. The Morgan fingerprint density at radius 2 is 1.79 bits per heavy atom. The first-order chi connectivity index (χ1) is 20.2. The van der Waals surface area contributed by atoms with Gasteiger partial charge in [-0.05, 0) is 97.4 Å². The summed E-state index contributed by atoms with van der Waals surface area (Å²) in [4.78, 5) is 20.3. The Morgan fingerprint density at radius 3 is 2.50 bits per heavy atom. The van der Waals surface area contributed by atoms with Gasteiger partial charge in [0.15, 0.2) is 0 Å². The minimum Gasteiger partial charge on any atom is -0.330 e. The van der Waals surface area contributed by atoms with Crippen molar-refractivity contribution >= 4 is 23.1 Å². The van der Waals surface area contributed by atoms with Crippen LogP contribution in [-0.2, 0) is 13.1 Å². The highest BCUT2D eigenvalue weighted by Crippen LogP contribution is 2.44. The third kappa shape index (κ3) is 5.56. The Balaban J connectivity index is 1.05. The highest BCUT2D eigenvalue weighted by atomic mass is 35.5. The van der Waals surface area contributed by atoms with Crippen LogP contribution in [0.5, 0.6) is 0 Å². The number of carbonyl (C=O) groups excluding carboxylic acids is 1. The van der Waals surface area contributed by atoms with E-state index in [0.717, 1.165) is 81.1 Å². The molecule has 0 aromatic heterocycles. The van der Waals surface area contributed by atoms with Gasteiger partial charge in [-0.3, -0.25) is 14.6 Å². The molecule has 3 fully saturated rings. The van der Waals surface area contributed by atoms with Crippen molar-refractivity contribution in [2.45, 2.75) is 90.0 Å². The number of benzene rings is 2. The van der Waals surface area contributed by atoms with E-state index in [9.17, 15) is 4.79 Å². The average molecular weight is 591 g/mol. The molecule has 42 heavy (non-hydrogen) atoms. The summed E-state index contributed by atoms with van der Waals surface area (Å²) in [6, 6.07) is 13.4. The number of fused-ring (bicyclic) bond motifs is 3. The Bertz CT molecular complexity index is 1370. The molecule has 3 atom stereocenters. The van der Waals surface area contributed by atoms with E-state index in [1.807, 2.05) is 17.0 Å². The molecule has 0 radical (unpaired) electrons. The number of nitrogens with zero attached hydrogens (tertiary/aromatic N) is 3. The first kappa shape index (κ1) is 28.5. The summed E-state index contributed by atoms with van der Waals surface area (Å²) in [7, 11) is 0. The Hall–Kier alpha value is -2.25. The van der Waals surface area contributed by atoms with Crippen molar-refractivity contribution in [3.63, 3.8) is 0 Å². The molecule has 4 aliphatic heterocycles. The van der Waals surface area contributed by atoms with Crippen LogP contribution in [0.1, 0.15) is 85.8 Å². The van der Waals surface area contributed by atoms with Crippen LogP contribution in [0.25, 0.3) is 5.57 Å². The van der Waals surface area contributed by atoms with Gasteiger partial charge in [-0.1, -0.05) is 49.2 Å². The van der Waals surface area contributed by atoms with E-state index in [0.29, 0.717) is 29.6 Å². The lowest BCUT2D eigenvalue weighted by molar-refractivity contribution is 0.0671. The smallest absolute Gasteiger partial charge is 0.257 e. The van der Waals surface area contributed by atoms with Gasteiger partial charge in [-0.15, -0.1) is 0 Å². The zero-order valence-corrected chi connectivity index (χ0v) is 25.9. The van der Waals surface area contributed by atoms with E-state index < -0.39 is 0 Å². The average Bonchev–Trinajstić information content (AvgIpc) is 3.41. The molecule has 3 unspecified atom stereocenters. The van der Waals surface area contributed by atoms with Crippen molar-refractivity contribution < 1.29 is 9.18 Å². The van der Waals surface area contributed by atoms with Crippen LogP contribution in [0, 0.1) is 11.2 Å². The van der Waals surface area contributed by atoms with E-state index in [2.05, 4.69) is 47.2 Å². The maximum absolute atomic E-state index is 15.3. The highest BCUT2D eigenvalue weighted by Gasteiger charge is 2.41. The molecule has 1 amide bonds. The molecule has 3 saturated heterocycles. The molecule has 5 aliphatic rings. The molecule has 1 N–H and O–H groups in total. The zero-order chi connectivity index (χ0) is 29.0. The summed E-state index contributed by atoms with van der Waals surface area (Å²) in [5, 5.41) is 4.18. The Morgan fingerprint density at radius 1 is 1.02 bits per heavy atom. The first-order valence-electron chi connectivity index (χ1n) is 16.0. The maximum atomic E-state index is 15.3. The number of likely N-dealkylation sites (tertiary alicyclic amines) is 1. The molecule has 0 spiro atoms. The third-order valence-corrected chi connectivity index (χ3v) is 10.9. The van der Waals surface area contributed by atoms with E-state index in [1.165, 1.54) is 30.4 Å². The van der Waals surface area contributed by atoms with Crippen LogP contribution in [0.15, 0.2) is 42.0 Å². The minimum absolute atomic E-state index is 0.132. The standard InChI is InChI=1S/C35H44ClFN4O/c1-35(2)12-11-25(31(16-35)24-5-7-27(36)8-6-24)19-40-29-9-10-30(40)22-39(21-29)18-23-14-26-20-41(28-4-3-13-38-17-28)34(42)33(26)32(37)15-23/h5-8,14-15,28-30,38H,3-4,9-13,16-22H2,1-2H3. The van der Waals surface area contributed by atoms with Gasteiger partial charge in [0.1, 0.15) is 5.82 Å². The van der Waals surface area contributed by atoms with E-state index in [1.54, 1.807) is 11.6 Å². The summed E-state index contributed by atoms with van der Waals surface area (Å²) >= 11 is 6.23. The Kier molecular flexibility index (Phi) is 7.71. The van der Waals surface area contributed by atoms with Crippen molar-refractivity contribution in [1.29, 1.82) is 0 Å². The van der Waals surface area contributed by atoms with Gasteiger partial charge in [-0.2, -0.15) is 0 Å². The van der Waals surface area contributed by atoms with Crippen molar-refractivity contribution in [1.82, 2.24) is 20.0 Å². The van der Waals surface area contributed by atoms with Gasteiger partial charge in [0.05, 0.1) is 5.56 Å². The van der Waals surface area contributed by atoms with E-state index >= 15 is 4.39 Å². The molecular formula is C35H44ClFN4O. The van der Waals surface area contributed by atoms with Gasteiger partial charge in [-0.25, -0.2) is 4.39 Å². The van der Waals surface area contributed by atoms with Crippen molar-refractivity contribution in [2.24, 2.45) is 5.41 Å². The number of allylic oxidation sites excluding steroid dienone is 1. The van der Waals surface area contributed by atoms with Crippen molar-refractivity contribution in [3.05, 3.63) is 75.1 Å². The van der Waals surface area contributed by atoms with Crippen molar-refractivity contribution in [3.8, 4) is 0 Å². The first-order valence-corrected chi connectivity index (χ1v) is 16.4. The van der Waals surface area contributed by atoms with Crippen molar-refractivity contribution in [2.75, 3.05) is 32.7 Å². The minimum atomic E-state index is -0.345. The molecule has 4 heterocycles. The molecule has 2 aromatic rings. The zero-order valence-electron chi connectivity index (χ0n) is 25.1. The molecule has 7 heteroatoms. The second-order valence-corrected chi connectivity index (χ2v) is 14.7. The van der Waals surface area contributed by atoms with Gasteiger partial charge in [0, 0.05) is 62.4 Å². The lowest BCUT2D eigenvalue weighted by atomic mass is 9.72. The predicted molar refractivity (Wildman–Crippen MR) is 167 cm³/mol. The van der Waals surface area contributed by atoms with Gasteiger partial charge >= 0.3 is 0 Å². The molecular weight excluding hydrogens is 547 g/mol. The number of piperazine rings is 1. The number of rotatable bonds is 6. The number of amides is 1. The van der Waals surface area contributed by atoms with Crippen LogP contribution in [0.4, 0.5) is 4.39 Å². The monoisotopic (exact) mass is 590 g/mol. The molecule has 224 valence electrons. The molecule has 7 rings (SSSR count). The molecule has 0 saturated carbocycles. The number of nitrogens with one attached hydrogen (secondary N) is 1. The number of hydrogen-bond donors (Lipinski definition) is 1. The topological polar surface area (TPSA) is 38.8 Å². The lowest BCUT2D eigenvalue weighted by Crippen LogP contribution is -2.53. The van der Waals surface area contributed by atoms with Gasteiger partial charge < -0.3 is 10.2 Å². The van der Waals surface area contributed by atoms with Gasteiger partial charge in [0.2, 0.25) is 0 Å². The number of piperidine rings is 1. The Labute approximate surface area is 255 Å². The van der Waals surface area contributed by atoms with E-state index in [-0.39, 0.29) is 17.8 Å². The molecule has 1 aliphatic carbocycles. The predicted octanol–water partition coefficient (Wildman–Crippen LogP) is 6.50. The van der Waals surface area contributed by atoms with Crippen LogP contribution >= 0.6 is 11.6 Å². The lowest BCUT2D eigenvalue weighted by Gasteiger charge is -2.43. The highest BCUT2D eigenvalue weighted by molar-refractivity contribution is 6.30. The molecule has 5 nitrogen and oxygen atoms in total. The number of carbonyl (C=O) groups is 1. The van der Waals surface area contributed by atoms with Gasteiger partial charge in [0.25, 0.3) is 5.91 Å². The summed E-state index contributed by atoms with van der Waals surface area (Å²) in [5.74, 6) is -0.477. The van der Waals surface area contributed by atoms with E-state index in [4.69, 9.17) is 11.6 Å². The van der Waals surface area contributed by atoms with Crippen LogP contribution < -0.4 is 5.32 Å². The molecule has 2 bridgehead atoms. The quantitative estimate of drug-likeness (QED) is 0.417. The third-order valence-electron chi connectivity index (χ3n) is 10.6. The summed E-state index contributed by atoms with van der Waals surface area (Å²) < 4.78 is 15.3. The van der Waals surface area contributed by atoms with Crippen LogP contribution in [-0.4, -0.2) is 71.5 Å². The fourth-order valence-corrected chi connectivity index (χ4v) is 8.51. The largest absolute Gasteiger partial charge is 0.330 e. The van der Waals surface area contributed by atoms with Crippen LogP contribution in [0.3, 0.4) is 0 Å².